The molecule has 1 N–H and O–H groups in total. The standard InChI is InChI=1S/C12H12N2O3/c1-3-8-14(4-2)11(15)9-6-5-7-10(13-9)12(16)17/h1,5-7H,4,8H2,2H3,(H,16,17). The van der Waals surface area contributed by atoms with Gasteiger partial charge in [0, 0.05) is 6.54 Å². The summed E-state index contributed by atoms with van der Waals surface area (Å²) in [5.74, 6) is 0.834. The number of rotatable bonds is 4. The number of carbonyl (C=O) groups is 2. The van der Waals surface area contributed by atoms with Crippen LogP contribution in [0.2, 0.25) is 0 Å². The molecule has 0 atom stereocenters. The summed E-state index contributed by atoms with van der Waals surface area (Å²) in [7, 11) is 0. The molecule has 5 heteroatoms. The van der Waals surface area contributed by atoms with Gasteiger partial charge in [0.05, 0.1) is 6.54 Å². The Hall–Kier alpha value is -2.35. The Morgan fingerprint density at radius 3 is 2.65 bits per heavy atom. The third kappa shape index (κ3) is 3.05. The molecule has 0 fully saturated rings. The summed E-state index contributed by atoms with van der Waals surface area (Å²) in [6, 6.07) is 4.28. The van der Waals surface area contributed by atoms with Crippen molar-refractivity contribution in [2.45, 2.75) is 6.92 Å². The molecule has 0 radical (unpaired) electrons. The SMILES string of the molecule is C#CCN(CC)C(=O)c1cccc(C(=O)O)n1. The predicted octanol–water partition coefficient (Wildman–Crippen LogP) is 0.875. The first kappa shape index (κ1) is 12.7. The second-order valence-corrected chi connectivity index (χ2v) is 3.24. The molecule has 0 aromatic carbocycles. The minimum Gasteiger partial charge on any atom is -0.477 e. The molecule has 1 rings (SSSR count). The Morgan fingerprint density at radius 1 is 1.47 bits per heavy atom. The van der Waals surface area contributed by atoms with Crippen LogP contribution in [0.4, 0.5) is 0 Å². The number of carbonyl (C=O) groups excluding carboxylic acids is 1. The zero-order valence-electron chi connectivity index (χ0n) is 9.38. The van der Waals surface area contributed by atoms with Gasteiger partial charge in [-0.3, -0.25) is 4.79 Å². The molecule has 1 amide bonds. The van der Waals surface area contributed by atoms with Gasteiger partial charge in [0.1, 0.15) is 11.4 Å². The molecule has 1 aromatic heterocycles. The lowest BCUT2D eigenvalue weighted by molar-refractivity contribution is 0.0690. The lowest BCUT2D eigenvalue weighted by atomic mass is 10.2. The highest BCUT2D eigenvalue weighted by molar-refractivity contribution is 5.94. The first-order valence-corrected chi connectivity index (χ1v) is 5.03. The quantitative estimate of drug-likeness (QED) is 0.782. The predicted molar refractivity (Wildman–Crippen MR) is 61.6 cm³/mol. The van der Waals surface area contributed by atoms with Crippen molar-refractivity contribution < 1.29 is 14.7 Å². The van der Waals surface area contributed by atoms with Gasteiger partial charge in [-0.1, -0.05) is 12.0 Å². The van der Waals surface area contributed by atoms with Gasteiger partial charge < -0.3 is 10.0 Å². The summed E-state index contributed by atoms with van der Waals surface area (Å²) in [4.78, 5) is 27.8. The lowest BCUT2D eigenvalue weighted by Gasteiger charge is -2.17. The Morgan fingerprint density at radius 2 is 2.12 bits per heavy atom. The van der Waals surface area contributed by atoms with Gasteiger partial charge in [0.25, 0.3) is 5.91 Å². The van der Waals surface area contributed by atoms with E-state index in [2.05, 4.69) is 10.9 Å². The Bertz CT molecular complexity index is 477. The van der Waals surface area contributed by atoms with Crippen molar-refractivity contribution in [3.63, 3.8) is 0 Å². The maximum Gasteiger partial charge on any atom is 0.354 e. The number of pyridine rings is 1. The van der Waals surface area contributed by atoms with Crippen molar-refractivity contribution in [3.05, 3.63) is 29.6 Å². The first-order chi connectivity index (χ1) is 8.10. The average Bonchev–Trinajstić information content (AvgIpc) is 2.35. The van der Waals surface area contributed by atoms with Crippen LogP contribution in [0.15, 0.2) is 18.2 Å². The summed E-state index contributed by atoms with van der Waals surface area (Å²) in [5.41, 5.74) is -0.0744. The number of carboxylic acids is 1. The van der Waals surface area contributed by atoms with E-state index in [9.17, 15) is 9.59 Å². The minimum atomic E-state index is -1.17. The molecule has 1 heterocycles. The average molecular weight is 232 g/mol. The van der Waals surface area contributed by atoms with Crippen LogP contribution in [0, 0.1) is 12.3 Å². The Kier molecular flexibility index (Phi) is 4.23. The zero-order valence-corrected chi connectivity index (χ0v) is 9.38. The number of amides is 1. The van der Waals surface area contributed by atoms with Crippen LogP contribution in [-0.2, 0) is 0 Å². The van der Waals surface area contributed by atoms with Crippen molar-refractivity contribution in [1.29, 1.82) is 0 Å². The lowest BCUT2D eigenvalue weighted by Crippen LogP contribution is -2.32. The van der Waals surface area contributed by atoms with E-state index < -0.39 is 5.97 Å². The van der Waals surface area contributed by atoms with Crippen LogP contribution in [0.5, 0.6) is 0 Å². The van der Waals surface area contributed by atoms with Gasteiger partial charge in [-0.25, -0.2) is 9.78 Å². The van der Waals surface area contributed by atoms with Gasteiger partial charge in [-0.2, -0.15) is 0 Å². The molecule has 0 spiro atoms. The fourth-order valence-corrected chi connectivity index (χ4v) is 1.27. The number of hydrogen-bond acceptors (Lipinski definition) is 3. The van der Waals surface area contributed by atoms with Gasteiger partial charge in [-0.05, 0) is 19.1 Å². The Labute approximate surface area is 99.1 Å². The summed E-state index contributed by atoms with van der Waals surface area (Å²) < 4.78 is 0. The van der Waals surface area contributed by atoms with Crippen molar-refractivity contribution in [2.75, 3.05) is 13.1 Å². The number of aromatic nitrogens is 1. The molecule has 0 bridgehead atoms. The van der Waals surface area contributed by atoms with Crippen LogP contribution in [0.3, 0.4) is 0 Å². The molecule has 1 aromatic rings. The second kappa shape index (κ2) is 5.66. The van der Waals surface area contributed by atoms with Crippen LogP contribution >= 0.6 is 0 Å². The number of nitrogens with zero attached hydrogens (tertiary/aromatic N) is 2. The minimum absolute atomic E-state index is 0.0852. The summed E-state index contributed by atoms with van der Waals surface area (Å²) >= 11 is 0. The monoisotopic (exact) mass is 232 g/mol. The van der Waals surface area contributed by atoms with Crippen molar-refractivity contribution in [3.8, 4) is 12.3 Å². The highest BCUT2D eigenvalue weighted by Gasteiger charge is 2.16. The molecule has 5 nitrogen and oxygen atoms in total. The molecule has 0 aliphatic carbocycles. The highest BCUT2D eigenvalue weighted by Crippen LogP contribution is 2.04. The van der Waals surface area contributed by atoms with E-state index in [0.29, 0.717) is 6.54 Å². The normalized spacial score (nSPS) is 9.41. The van der Waals surface area contributed by atoms with Gasteiger partial charge in [0.15, 0.2) is 0 Å². The zero-order chi connectivity index (χ0) is 12.8. The highest BCUT2D eigenvalue weighted by atomic mass is 16.4. The topological polar surface area (TPSA) is 70.5 Å². The fourth-order valence-electron chi connectivity index (χ4n) is 1.27. The second-order valence-electron chi connectivity index (χ2n) is 3.24. The molecule has 0 aliphatic heterocycles. The summed E-state index contributed by atoms with van der Waals surface area (Å²) in [6.45, 7) is 2.41. The van der Waals surface area contributed by atoms with E-state index in [4.69, 9.17) is 11.5 Å². The molecular formula is C12H12N2O3. The van der Waals surface area contributed by atoms with Crippen LogP contribution < -0.4 is 0 Å². The summed E-state index contributed by atoms with van der Waals surface area (Å²) in [6.07, 6.45) is 5.14. The third-order valence-corrected chi connectivity index (χ3v) is 2.14. The number of aromatic carboxylic acids is 1. The van der Waals surface area contributed by atoms with E-state index in [-0.39, 0.29) is 23.8 Å². The van der Waals surface area contributed by atoms with Crippen LogP contribution in [-0.4, -0.2) is 40.0 Å². The molecule has 0 saturated carbocycles. The van der Waals surface area contributed by atoms with Gasteiger partial charge in [-0.15, -0.1) is 6.42 Å². The van der Waals surface area contributed by atoms with Crippen LogP contribution in [0.25, 0.3) is 0 Å². The van der Waals surface area contributed by atoms with Crippen LogP contribution in [0.1, 0.15) is 27.9 Å². The molecule has 0 aliphatic rings. The molecule has 0 unspecified atom stereocenters. The number of hydrogen-bond donors (Lipinski definition) is 1. The Balaban J connectivity index is 3.00. The smallest absolute Gasteiger partial charge is 0.354 e. The maximum absolute atomic E-state index is 11.9. The maximum atomic E-state index is 11.9. The van der Waals surface area contributed by atoms with E-state index in [1.807, 2.05) is 0 Å². The van der Waals surface area contributed by atoms with Crippen molar-refractivity contribution in [2.24, 2.45) is 0 Å². The third-order valence-electron chi connectivity index (χ3n) is 2.14. The van der Waals surface area contributed by atoms with E-state index in [0.717, 1.165) is 0 Å². The summed E-state index contributed by atoms with van der Waals surface area (Å²) in [5, 5.41) is 8.77. The molecular weight excluding hydrogens is 220 g/mol. The van der Waals surface area contributed by atoms with E-state index in [1.165, 1.54) is 23.1 Å². The molecule has 0 saturated heterocycles. The van der Waals surface area contributed by atoms with Gasteiger partial charge >= 0.3 is 5.97 Å². The van der Waals surface area contributed by atoms with Crippen molar-refractivity contribution in [1.82, 2.24) is 9.88 Å². The fraction of sp³-hybridized carbons (Fsp3) is 0.250. The van der Waals surface area contributed by atoms with E-state index >= 15 is 0 Å². The molecule has 88 valence electrons. The van der Waals surface area contributed by atoms with Crippen molar-refractivity contribution >= 4 is 11.9 Å². The largest absolute Gasteiger partial charge is 0.477 e. The first-order valence-electron chi connectivity index (χ1n) is 5.03. The number of carboxylic acid groups (broad SMARTS) is 1. The molecule has 17 heavy (non-hydrogen) atoms. The number of terminal acetylenes is 1. The van der Waals surface area contributed by atoms with E-state index in [1.54, 1.807) is 6.92 Å². The van der Waals surface area contributed by atoms with Gasteiger partial charge in [0.2, 0.25) is 0 Å².